The van der Waals surface area contributed by atoms with Crippen LogP contribution in [0.4, 0.5) is 0 Å². The van der Waals surface area contributed by atoms with Crippen LogP contribution in [0.25, 0.3) is 0 Å². The Hall–Kier alpha value is -1.06. The van der Waals surface area contributed by atoms with Crippen molar-refractivity contribution >= 4 is 0 Å². The molecule has 0 aromatic heterocycles. The maximum Gasteiger partial charge on any atom is 0.118 e. The van der Waals surface area contributed by atoms with Crippen molar-refractivity contribution in [3.8, 4) is 5.75 Å². The largest absolute Gasteiger partial charge is 0.497 e. The van der Waals surface area contributed by atoms with E-state index in [-0.39, 0.29) is 0 Å². The molecule has 1 aliphatic rings. The molecule has 1 fully saturated rings. The molecule has 3 nitrogen and oxygen atoms in total. The molecule has 1 aromatic rings. The zero-order valence-electron chi connectivity index (χ0n) is 12.3. The lowest BCUT2D eigenvalue weighted by molar-refractivity contribution is 0.0665. The minimum Gasteiger partial charge on any atom is -0.497 e. The number of hydrogen-bond acceptors (Lipinski definition) is 3. The lowest BCUT2D eigenvalue weighted by Gasteiger charge is -2.43. The Labute approximate surface area is 116 Å². The molecule has 2 unspecified atom stereocenters. The van der Waals surface area contributed by atoms with Gasteiger partial charge in [0.1, 0.15) is 5.75 Å². The fourth-order valence-electron chi connectivity index (χ4n) is 3.19. The van der Waals surface area contributed by atoms with E-state index < -0.39 is 0 Å². The molecule has 0 aliphatic carbocycles. The predicted molar refractivity (Wildman–Crippen MR) is 79.4 cm³/mol. The molecule has 2 N–H and O–H groups in total. The van der Waals surface area contributed by atoms with Crippen LogP contribution in [-0.4, -0.2) is 31.1 Å². The number of likely N-dealkylation sites (tertiary alicyclic amines) is 1. The van der Waals surface area contributed by atoms with Crippen LogP contribution < -0.4 is 10.5 Å². The molecule has 0 bridgehead atoms. The van der Waals surface area contributed by atoms with Crippen molar-refractivity contribution in [2.75, 3.05) is 20.2 Å². The molecular weight excluding hydrogens is 236 g/mol. The van der Waals surface area contributed by atoms with Crippen LogP contribution in [0.1, 0.15) is 38.3 Å². The molecule has 1 aromatic carbocycles. The Morgan fingerprint density at radius 2 is 2.00 bits per heavy atom. The molecule has 106 valence electrons. The first-order valence-corrected chi connectivity index (χ1v) is 7.27. The lowest BCUT2D eigenvalue weighted by atomic mass is 9.84. The van der Waals surface area contributed by atoms with E-state index in [1.165, 1.54) is 24.9 Å². The van der Waals surface area contributed by atoms with Crippen LogP contribution in [0, 0.1) is 5.92 Å². The molecule has 0 radical (unpaired) electrons. The highest BCUT2D eigenvalue weighted by Crippen LogP contribution is 2.37. The number of piperidine rings is 1. The van der Waals surface area contributed by atoms with Crippen molar-refractivity contribution in [2.24, 2.45) is 11.7 Å². The number of hydrogen-bond donors (Lipinski definition) is 1. The molecule has 3 heteroatoms. The van der Waals surface area contributed by atoms with E-state index in [0.29, 0.717) is 18.0 Å². The number of methoxy groups -OCH3 is 1. The smallest absolute Gasteiger partial charge is 0.118 e. The lowest BCUT2D eigenvalue weighted by Crippen LogP contribution is -2.44. The molecule has 19 heavy (non-hydrogen) atoms. The molecular formula is C16H26N2O. The summed E-state index contributed by atoms with van der Waals surface area (Å²) in [7, 11) is 1.71. The van der Waals surface area contributed by atoms with Crippen LogP contribution in [0.3, 0.4) is 0 Å². The van der Waals surface area contributed by atoms with Crippen molar-refractivity contribution in [1.29, 1.82) is 0 Å². The number of nitrogens with zero attached hydrogens (tertiary/aromatic N) is 1. The molecule has 1 heterocycles. The average molecular weight is 262 g/mol. The van der Waals surface area contributed by atoms with Gasteiger partial charge < -0.3 is 10.5 Å². The second-order valence-electron chi connectivity index (χ2n) is 5.69. The Bertz CT molecular complexity index is 388. The van der Waals surface area contributed by atoms with Crippen molar-refractivity contribution < 1.29 is 4.74 Å². The van der Waals surface area contributed by atoms with Crippen LogP contribution in [0.5, 0.6) is 5.75 Å². The third-order valence-electron chi connectivity index (χ3n) is 4.22. The van der Waals surface area contributed by atoms with Gasteiger partial charge in [0.2, 0.25) is 0 Å². The summed E-state index contributed by atoms with van der Waals surface area (Å²) in [5, 5.41) is 0. The zero-order chi connectivity index (χ0) is 13.8. The van der Waals surface area contributed by atoms with Gasteiger partial charge in [0.25, 0.3) is 0 Å². The standard InChI is InChI=1S/C16H26N2O/c1-12(2)18-10-4-5-14(11-17)16(18)13-6-8-15(19-3)9-7-13/h6-9,12,14,16H,4-5,10-11,17H2,1-3H3. The highest BCUT2D eigenvalue weighted by molar-refractivity contribution is 5.30. The van der Waals surface area contributed by atoms with Crippen molar-refractivity contribution in [3.63, 3.8) is 0 Å². The monoisotopic (exact) mass is 262 g/mol. The quantitative estimate of drug-likeness (QED) is 0.907. The average Bonchev–Trinajstić information content (AvgIpc) is 2.46. The summed E-state index contributed by atoms with van der Waals surface area (Å²) < 4.78 is 5.25. The summed E-state index contributed by atoms with van der Waals surface area (Å²) in [5.41, 5.74) is 7.36. The second kappa shape index (κ2) is 6.40. The first kappa shape index (κ1) is 14.4. The number of benzene rings is 1. The first-order valence-electron chi connectivity index (χ1n) is 7.27. The van der Waals surface area contributed by atoms with Gasteiger partial charge in [0.05, 0.1) is 7.11 Å². The minimum atomic E-state index is 0.449. The highest BCUT2D eigenvalue weighted by atomic mass is 16.5. The van der Waals surface area contributed by atoms with Gasteiger partial charge in [-0.25, -0.2) is 0 Å². The fraction of sp³-hybridized carbons (Fsp3) is 0.625. The van der Waals surface area contributed by atoms with Gasteiger partial charge in [-0.1, -0.05) is 12.1 Å². The summed E-state index contributed by atoms with van der Waals surface area (Å²) in [6, 6.07) is 9.48. The van der Waals surface area contributed by atoms with Gasteiger partial charge in [0.15, 0.2) is 0 Å². The maximum atomic E-state index is 6.00. The van der Waals surface area contributed by atoms with E-state index in [1.54, 1.807) is 7.11 Å². The van der Waals surface area contributed by atoms with E-state index in [0.717, 1.165) is 12.3 Å². The number of nitrogens with two attached hydrogens (primary N) is 1. The van der Waals surface area contributed by atoms with E-state index in [2.05, 4.69) is 43.0 Å². The van der Waals surface area contributed by atoms with Crippen molar-refractivity contribution in [3.05, 3.63) is 29.8 Å². The Morgan fingerprint density at radius 3 is 2.53 bits per heavy atom. The molecule has 2 atom stereocenters. The Morgan fingerprint density at radius 1 is 1.32 bits per heavy atom. The van der Waals surface area contributed by atoms with Crippen molar-refractivity contribution in [1.82, 2.24) is 4.90 Å². The summed E-state index contributed by atoms with van der Waals surface area (Å²) >= 11 is 0. The van der Waals surface area contributed by atoms with E-state index in [9.17, 15) is 0 Å². The second-order valence-corrected chi connectivity index (χ2v) is 5.69. The molecule has 0 saturated carbocycles. The van der Waals surface area contributed by atoms with E-state index in [1.807, 2.05) is 0 Å². The summed E-state index contributed by atoms with van der Waals surface area (Å²) in [6.45, 7) is 6.48. The Balaban J connectivity index is 2.28. The topological polar surface area (TPSA) is 38.5 Å². The fourth-order valence-corrected chi connectivity index (χ4v) is 3.19. The first-order chi connectivity index (χ1) is 9.17. The maximum absolute atomic E-state index is 6.00. The van der Waals surface area contributed by atoms with Crippen LogP contribution >= 0.6 is 0 Å². The van der Waals surface area contributed by atoms with E-state index in [4.69, 9.17) is 10.5 Å². The van der Waals surface area contributed by atoms with Gasteiger partial charge in [0, 0.05) is 12.1 Å². The van der Waals surface area contributed by atoms with Crippen molar-refractivity contribution in [2.45, 2.75) is 38.8 Å². The molecule has 1 saturated heterocycles. The van der Waals surface area contributed by atoms with Crippen LogP contribution in [-0.2, 0) is 0 Å². The molecule has 0 amide bonds. The van der Waals surface area contributed by atoms with Crippen LogP contribution in [0.2, 0.25) is 0 Å². The van der Waals surface area contributed by atoms with E-state index >= 15 is 0 Å². The zero-order valence-corrected chi connectivity index (χ0v) is 12.3. The normalized spacial score (nSPS) is 24.7. The summed E-state index contributed by atoms with van der Waals surface area (Å²) in [6.07, 6.45) is 2.49. The molecule has 1 aliphatic heterocycles. The number of rotatable bonds is 4. The third-order valence-corrected chi connectivity index (χ3v) is 4.22. The van der Waals surface area contributed by atoms with Gasteiger partial charge in [-0.2, -0.15) is 0 Å². The predicted octanol–water partition coefficient (Wildman–Crippen LogP) is 2.82. The van der Waals surface area contributed by atoms with Gasteiger partial charge in [-0.05, 0) is 63.4 Å². The third kappa shape index (κ3) is 3.10. The molecule has 2 rings (SSSR count). The highest BCUT2D eigenvalue weighted by Gasteiger charge is 2.32. The Kier molecular flexibility index (Phi) is 4.83. The van der Waals surface area contributed by atoms with Gasteiger partial charge in [-0.15, -0.1) is 0 Å². The van der Waals surface area contributed by atoms with Gasteiger partial charge in [-0.3, -0.25) is 4.90 Å². The van der Waals surface area contributed by atoms with Crippen LogP contribution in [0.15, 0.2) is 24.3 Å². The number of ether oxygens (including phenoxy) is 1. The molecule has 0 spiro atoms. The SMILES string of the molecule is COc1ccc(C2C(CN)CCCN2C(C)C)cc1. The minimum absolute atomic E-state index is 0.449. The summed E-state index contributed by atoms with van der Waals surface area (Å²) in [5.74, 6) is 1.48. The van der Waals surface area contributed by atoms with Gasteiger partial charge >= 0.3 is 0 Å². The summed E-state index contributed by atoms with van der Waals surface area (Å²) in [4.78, 5) is 2.59.